The second kappa shape index (κ2) is 6.21. The Morgan fingerprint density at radius 3 is 2.63 bits per heavy atom. The second-order valence-corrected chi connectivity index (χ2v) is 6.23. The number of rotatable bonds is 4. The number of benzene rings is 1. The van der Waals surface area contributed by atoms with E-state index in [1.807, 2.05) is 12.1 Å². The highest BCUT2D eigenvalue weighted by Gasteiger charge is 2.25. The minimum Gasteiger partial charge on any atom is -0.312 e. The fourth-order valence-corrected chi connectivity index (χ4v) is 3.04. The van der Waals surface area contributed by atoms with Crippen LogP contribution in [0, 0.1) is 23.7 Å². The van der Waals surface area contributed by atoms with Crippen molar-refractivity contribution in [3.63, 3.8) is 0 Å². The van der Waals surface area contributed by atoms with Crippen LogP contribution in [0.3, 0.4) is 0 Å². The first-order chi connectivity index (χ1) is 9.13. The quantitative estimate of drug-likeness (QED) is 0.886. The van der Waals surface area contributed by atoms with Crippen molar-refractivity contribution in [1.82, 2.24) is 5.32 Å². The summed E-state index contributed by atoms with van der Waals surface area (Å²) in [7, 11) is 0. The molecule has 1 aromatic rings. The Labute approximate surface area is 116 Å². The molecule has 0 radical (unpaired) electrons. The summed E-state index contributed by atoms with van der Waals surface area (Å²) in [6, 6.07) is 8.14. The van der Waals surface area contributed by atoms with Crippen LogP contribution in [-0.2, 0) is 6.54 Å². The lowest BCUT2D eigenvalue weighted by molar-refractivity contribution is 0.207. The maximum Gasteiger partial charge on any atom is 0.0991 e. The van der Waals surface area contributed by atoms with Gasteiger partial charge in [-0.2, -0.15) is 5.26 Å². The van der Waals surface area contributed by atoms with Gasteiger partial charge >= 0.3 is 0 Å². The van der Waals surface area contributed by atoms with Gasteiger partial charge in [0.15, 0.2) is 0 Å². The van der Waals surface area contributed by atoms with Gasteiger partial charge in [-0.3, -0.25) is 0 Å². The van der Waals surface area contributed by atoms with Gasteiger partial charge in [0, 0.05) is 13.1 Å². The molecule has 1 N–H and O–H groups in total. The van der Waals surface area contributed by atoms with Crippen LogP contribution in [0.15, 0.2) is 18.2 Å². The van der Waals surface area contributed by atoms with Crippen molar-refractivity contribution < 1.29 is 0 Å². The topological polar surface area (TPSA) is 35.8 Å². The average Bonchev–Trinajstić information content (AvgIpc) is 2.41. The van der Waals surface area contributed by atoms with Crippen LogP contribution >= 0.6 is 0 Å². The fraction of sp³-hybridized carbons (Fsp3) is 0.588. The second-order valence-electron chi connectivity index (χ2n) is 6.23. The van der Waals surface area contributed by atoms with Crippen molar-refractivity contribution in [2.24, 2.45) is 5.41 Å². The summed E-state index contributed by atoms with van der Waals surface area (Å²) >= 11 is 0. The Morgan fingerprint density at radius 2 is 2.00 bits per heavy atom. The molecule has 2 heteroatoms. The third-order valence-electron chi connectivity index (χ3n) is 4.40. The molecular weight excluding hydrogens is 232 g/mol. The number of nitriles is 1. The van der Waals surface area contributed by atoms with E-state index >= 15 is 0 Å². The minimum atomic E-state index is 0.485. The van der Waals surface area contributed by atoms with Crippen molar-refractivity contribution in [3.8, 4) is 6.07 Å². The van der Waals surface area contributed by atoms with Gasteiger partial charge in [-0.05, 0) is 48.4 Å². The standard InChI is InChI=1S/C17H24N2/c1-14-10-15(11-18)6-7-16(14)12-19-13-17(2)8-4-3-5-9-17/h6-7,10,19H,3-5,8-9,12-13H2,1-2H3. The summed E-state index contributed by atoms with van der Waals surface area (Å²) in [4.78, 5) is 0. The predicted molar refractivity (Wildman–Crippen MR) is 78.8 cm³/mol. The van der Waals surface area contributed by atoms with Crippen molar-refractivity contribution in [2.45, 2.75) is 52.5 Å². The smallest absolute Gasteiger partial charge is 0.0991 e. The molecule has 1 fully saturated rings. The lowest BCUT2D eigenvalue weighted by atomic mass is 9.76. The molecule has 0 heterocycles. The van der Waals surface area contributed by atoms with Crippen molar-refractivity contribution in [2.75, 3.05) is 6.54 Å². The van der Waals surface area contributed by atoms with E-state index in [2.05, 4.69) is 31.3 Å². The van der Waals surface area contributed by atoms with E-state index < -0.39 is 0 Å². The molecule has 1 aromatic carbocycles. The summed E-state index contributed by atoms with van der Waals surface area (Å²) in [5.41, 5.74) is 3.75. The van der Waals surface area contributed by atoms with Gasteiger partial charge in [0.2, 0.25) is 0 Å². The molecule has 0 bridgehead atoms. The van der Waals surface area contributed by atoms with Crippen molar-refractivity contribution in [1.29, 1.82) is 5.26 Å². The summed E-state index contributed by atoms with van der Waals surface area (Å²) < 4.78 is 0. The predicted octanol–water partition coefficient (Wildman–Crippen LogP) is 3.93. The van der Waals surface area contributed by atoms with Crippen LogP contribution < -0.4 is 5.32 Å². The molecule has 0 unspecified atom stereocenters. The number of hydrogen-bond acceptors (Lipinski definition) is 2. The highest BCUT2D eigenvalue weighted by molar-refractivity contribution is 5.37. The molecule has 102 valence electrons. The molecule has 2 rings (SSSR count). The molecule has 1 saturated carbocycles. The van der Waals surface area contributed by atoms with Crippen LogP contribution in [0.5, 0.6) is 0 Å². The maximum absolute atomic E-state index is 8.87. The van der Waals surface area contributed by atoms with E-state index in [0.717, 1.165) is 18.7 Å². The molecule has 1 aliphatic rings. The summed E-state index contributed by atoms with van der Waals surface area (Å²) in [6.07, 6.45) is 6.88. The van der Waals surface area contributed by atoms with Gasteiger partial charge in [0.25, 0.3) is 0 Å². The first-order valence-electron chi connectivity index (χ1n) is 7.33. The van der Waals surface area contributed by atoms with E-state index in [4.69, 9.17) is 5.26 Å². The number of hydrogen-bond donors (Lipinski definition) is 1. The monoisotopic (exact) mass is 256 g/mol. The maximum atomic E-state index is 8.87. The highest BCUT2D eigenvalue weighted by Crippen LogP contribution is 2.34. The van der Waals surface area contributed by atoms with Crippen LogP contribution in [0.25, 0.3) is 0 Å². The zero-order valence-electron chi connectivity index (χ0n) is 12.1. The van der Waals surface area contributed by atoms with Crippen LogP contribution in [0.2, 0.25) is 0 Å². The average molecular weight is 256 g/mol. The third-order valence-corrected chi connectivity index (χ3v) is 4.40. The molecule has 2 nitrogen and oxygen atoms in total. The SMILES string of the molecule is Cc1cc(C#N)ccc1CNCC1(C)CCCCC1. The minimum absolute atomic E-state index is 0.485. The number of aryl methyl sites for hydroxylation is 1. The van der Waals surface area contributed by atoms with E-state index in [1.54, 1.807) is 0 Å². The van der Waals surface area contributed by atoms with Gasteiger partial charge in [0.1, 0.15) is 0 Å². The van der Waals surface area contributed by atoms with Gasteiger partial charge in [0.05, 0.1) is 11.6 Å². The van der Waals surface area contributed by atoms with Crippen LogP contribution in [0.1, 0.15) is 55.7 Å². The summed E-state index contributed by atoms with van der Waals surface area (Å²) in [5, 5.41) is 12.5. The summed E-state index contributed by atoms with van der Waals surface area (Å²) in [6.45, 7) is 6.50. The molecule has 0 aromatic heterocycles. The fourth-order valence-electron chi connectivity index (χ4n) is 3.04. The third kappa shape index (κ3) is 3.81. The first-order valence-corrected chi connectivity index (χ1v) is 7.33. The van der Waals surface area contributed by atoms with Crippen molar-refractivity contribution in [3.05, 3.63) is 34.9 Å². The Morgan fingerprint density at radius 1 is 1.26 bits per heavy atom. The summed E-state index contributed by atoms with van der Waals surface area (Å²) in [5.74, 6) is 0. The Bertz CT molecular complexity index is 465. The van der Waals surface area contributed by atoms with E-state index in [0.29, 0.717) is 5.41 Å². The first kappa shape index (κ1) is 14.1. The van der Waals surface area contributed by atoms with Crippen LogP contribution in [0.4, 0.5) is 0 Å². The molecule has 19 heavy (non-hydrogen) atoms. The van der Waals surface area contributed by atoms with Gasteiger partial charge in [-0.15, -0.1) is 0 Å². The van der Waals surface area contributed by atoms with Gasteiger partial charge in [-0.1, -0.05) is 32.3 Å². The molecule has 1 aliphatic carbocycles. The number of nitrogens with zero attached hydrogens (tertiary/aromatic N) is 1. The van der Waals surface area contributed by atoms with E-state index in [1.165, 1.54) is 43.2 Å². The molecule has 0 aliphatic heterocycles. The van der Waals surface area contributed by atoms with Crippen molar-refractivity contribution >= 4 is 0 Å². The highest BCUT2D eigenvalue weighted by atomic mass is 14.9. The van der Waals surface area contributed by atoms with E-state index in [-0.39, 0.29) is 0 Å². The lowest BCUT2D eigenvalue weighted by Gasteiger charge is -2.33. The largest absolute Gasteiger partial charge is 0.312 e. The van der Waals surface area contributed by atoms with E-state index in [9.17, 15) is 0 Å². The lowest BCUT2D eigenvalue weighted by Crippen LogP contribution is -2.33. The number of nitrogens with one attached hydrogen (secondary N) is 1. The molecule has 0 amide bonds. The zero-order chi connectivity index (χ0) is 13.7. The molecular formula is C17H24N2. The van der Waals surface area contributed by atoms with Gasteiger partial charge < -0.3 is 5.32 Å². The Hall–Kier alpha value is -1.33. The Balaban J connectivity index is 1.87. The van der Waals surface area contributed by atoms with Crippen LogP contribution in [-0.4, -0.2) is 6.54 Å². The van der Waals surface area contributed by atoms with Gasteiger partial charge in [-0.25, -0.2) is 0 Å². The molecule has 0 atom stereocenters. The molecule has 0 saturated heterocycles. The molecule has 0 spiro atoms. The zero-order valence-corrected chi connectivity index (χ0v) is 12.1. The normalized spacial score (nSPS) is 17.9. The Kier molecular flexibility index (Phi) is 4.61.